The molecule has 0 unspecified atom stereocenters. The molecule has 0 amide bonds. The van der Waals surface area contributed by atoms with E-state index >= 15 is 0 Å². The van der Waals surface area contributed by atoms with Crippen molar-refractivity contribution >= 4 is 5.84 Å². The zero-order chi connectivity index (χ0) is 10.8. The van der Waals surface area contributed by atoms with Crippen LogP contribution in [-0.2, 0) is 4.74 Å². The highest BCUT2D eigenvalue weighted by atomic mass is 16.5. The van der Waals surface area contributed by atoms with Gasteiger partial charge in [0.25, 0.3) is 0 Å². The summed E-state index contributed by atoms with van der Waals surface area (Å²) in [5.74, 6) is 0.236. The third-order valence-corrected chi connectivity index (χ3v) is 1.46. The lowest BCUT2D eigenvalue weighted by atomic mass is 10.4. The van der Waals surface area contributed by atoms with Gasteiger partial charge < -0.3 is 21.0 Å². The number of amidine groups is 1. The van der Waals surface area contributed by atoms with E-state index in [1.54, 1.807) is 0 Å². The van der Waals surface area contributed by atoms with E-state index < -0.39 is 0 Å². The molecule has 0 saturated heterocycles. The van der Waals surface area contributed by atoms with Gasteiger partial charge in [-0.2, -0.15) is 0 Å². The van der Waals surface area contributed by atoms with E-state index in [0.717, 1.165) is 12.1 Å². The van der Waals surface area contributed by atoms with E-state index in [-0.39, 0.29) is 5.84 Å². The number of ether oxygens (including phenoxy) is 1. The minimum atomic E-state index is 0.236. The maximum Gasteiger partial charge on any atom is 0.140 e. The first kappa shape index (κ1) is 12.9. The molecule has 0 aliphatic carbocycles. The quantitative estimate of drug-likeness (QED) is 0.132. The normalized spacial score (nSPS) is 11.6. The maximum atomic E-state index is 8.24. The first-order valence-electron chi connectivity index (χ1n) is 4.56. The molecule has 14 heavy (non-hydrogen) atoms. The van der Waals surface area contributed by atoms with Crippen molar-refractivity contribution in [2.45, 2.75) is 13.3 Å². The number of hydrogen-bond acceptors (Lipinski definition) is 4. The Morgan fingerprint density at radius 1 is 1.57 bits per heavy atom. The molecule has 4 N–H and O–H groups in total. The van der Waals surface area contributed by atoms with Gasteiger partial charge in [-0.15, -0.1) is 0 Å². The van der Waals surface area contributed by atoms with Crippen molar-refractivity contribution in [1.29, 1.82) is 0 Å². The van der Waals surface area contributed by atoms with Crippen LogP contribution in [-0.4, -0.2) is 37.3 Å². The molecule has 0 bridgehead atoms. The molecule has 82 valence electrons. The Hall–Kier alpha value is -1.07. The first-order chi connectivity index (χ1) is 6.66. The van der Waals surface area contributed by atoms with Gasteiger partial charge >= 0.3 is 0 Å². The molecule has 0 aromatic heterocycles. The average Bonchev–Trinajstić information content (AvgIpc) is 2.15. The van der Waals surface area contributed by atoms with Crippen molar-refractivity contribution in [2.75, 3.05) is 26.3 Å². The highest BCUT2D eigenvalue weighted by molar-refractivity contribution is 5.79. The fourth-order valence-corrected chi connectivity index (χ4v) is 0.782. The lowest BCUT2D eigenvalue weighted by Crippen LogP contribution is -2.25. The summed E-state index contributed by atoms with van der Waals surface area (Å²) in [7, 11) is 0. The van der Waals surface area contributed by atoms with Crippen LogP contribution in [0.15, 0.2) is 17.3 Å². The van der Waals surface area contributed by atoms with Gasteiger partial charge in [-0.3, -0.25) is 0 Å². The molecule has 0 saturated carbocycles. The number of nitrogens with one attached hydrogen (secondary N) is 1. The van der Waals surface area contributed by atoms with Crippen molar-refractivity contribution in [1.82, 2.24) is 5.32 Å². The Balaban J connectivity index is 3.10. The molecule has 0 aliphatic heterocycles. The summed E-state index contributed by atoms with van der Waals surface area (Å²) in [5, 5.41) is 14.2. The second kappa shape index (κ2) is 8.52. The molecule has 0 heterocycles. The molecular formula is C9H19N3O2. The van der Waals surface area contributed by atoms with E-state index in [1.165, 1.54) is 0 Å². The molecule has 0 aromatic carbocycles. The van der Waals surface area contributed by atoms with E-state index in [4.69, 9.17) is 15.7 Å². The molecule has 0 rings (SSSR count). The van der Waals surface area contributed by atoms with Crippen LogP contribution in [0.25, 0.3) is 0 Å². The van der Waals surface area contributed by atoms with Crippen molar-refractivity contribution < 1.29 is 9.94 Å². The van der Waals surface area contributed by atoms with Crippen molar-refractivity contribution in [3.05, 3.63) is 12.2 Å². The molecule has 5 heteroatoms. The van der Waals surface area contributed by atoms with Gasteiger partial charge in [-0.05, 0) is 6.92 Å². The topological polar surface area (TPSA) is 79.9 Å². The van der Waals surface area contributed by atoms with Gasteiger partial charge in [0.05, 0.1) is 13.2 Å². The summed E-state index contributed by atoms with van der Waals surface area (Å²) >= 11 is 0. The van der Waals surface area contributed by atoms with Gasteiger partial charge in [-0.25, -0.2) is 0 Å². The SMILES string of the molecule is C=C(C)COCCNCCC(N)=NO. The molecule has 0 aliphatic rings. The monoisotopic (exact) mass is 201 g/mol. The van der Waals surface area contributed by atoms with Crippen molar-refractivity contribution in [3.63, 3.8) is 0 Å². The Morgan fingerprint density at radius 2 is 2.29 bits per heavy atom. The van der Waals surface area contributed by atoms with E-state index in [1.807, 2.05) is 6.92 Å². The summed E-state index contributed by atoms with van der Waals surface area (Å²) in [4.78, 5) is 0. The minimum absolute atomic E-state index is 0.236. The highest BCUT2D eigenvalue weighted by Crippen LogP contribution is 1.86. The Labute approximate surface area is 84.6 Å². The van der Waals surface area contributed by atoms with E-state index in [0.29, 0.717) is 26.2 Å². The fraction of sp³-hybridized carbons (Fsp3) is 0.667. The van der Waals surface area contributed by atoms with E-state index in [9.17, 15) is 0 Å². The van der Waals surface area contributed by atoms with Crippen LogP contribution in [0.5, 0.6) is 0 Å². The summed E-state index contributed by atoms with van der Waals surface area (Å²) in [5.41, 5.74) is 6.29. The maximum absolute atomic E-state index is 8.24. The second-order valence-corrected chi connectivity index (χ2v) is 3.10. The van der Waals surface area contributed by atoms with Gasteiger partial charge in [0.15, 0.2) is 0 Å². The number of hydrogen-bond donors (Lipinski definition) is 3. The third-order valence-electron chi connectivity index (χ3n) is 1.46. The lowest BCUT2D eigenvalue weighted by Gasteiger charge is -2.05. The predicted molar refractivity (Wildman–Crippen MR) is 56.5 cm³/mol. The predicted octanol–water partition coefficient (Wildman–Crippen LogP) is 0.305. The molecular weight excluding hydrogens is 182 g/mol. The first-order valence-corrected chi connectivity index (χ1v) is 4.56. The Kier molecular flexibility index (Phi) is 7.87. The molecule has 5 nitrogen and oxygen atoms in total. The Morgan fingerprint density at radius 3 is 2.86 bits per heavy atom. The summed E-state index contributed by atoms with van der Waals surface area (Å²) in [6, 6.07) is 0. The third kappa shape index (κ3) is 9.02. The van der Waals surface area contributed by atoms with Gasteiger partial charge in [0, 0.05) is 19.5 Å². The molecule has 0 radical (unpaired) electrons. The number of nitrogens with zero attached hydrogens (tertiary/aromatic N) is 1. The lowest BCUT2D eigenvalue weighted by molar-refractivity contribution is 0.158. The van der Waals surface area contributed by atoms with Crippen LogP contribution in [0.2, 0.25) is 0 Å². The molecule has 0 aromatic rings. The summed E-state index contributed by atoms with van der Waals surface area (Å²) in [6.45, 7) is 8.32. The summed E-state index contributed by atoms with van der Waals surface area (Å²) < 4.78 is 5.26. The highest BCUT2D eigenvalue weighted by Gasteiger charge is 1.92. The Bertz CT molecular complexity index is 192. The van der Waals surface area contributed by atoms with Crippen LogP contribution in [0.4, 0.5) is 0 Å². The second-order valence-electron chi connectivity index (χ2n) is 3.10. The zero-order valence-electron chi connectivity index (χ0n) is 8.62. The molecule has 0 atom stereocenters. The largest absolute Gasteiger partial charge is 0.409 e. The number of rotatable bonds is 8. The van der Waals surface area contributed by atoms with Crippen LogP contribution < -0.4 is 11.1 Å². The van der Waals surface area contributed by atoms with Gasteiger partial charge in [0.2, 0.25) is 0 Å². The number of nitrogens with two attached hydrogens (primary N) is 1. The minimum Gasteiger partial charge on any atom is -0.409 e. The molecule has 0 fully saturated rings. The van der Waals surface area contributed by atoms with Crippen LogP contribution in [0.3, 0.4) is 0 Å². The number of oxime groups is 1. The zero-order valence-corrected chi connectivity index (χ0v) is 8.62. The summed E-state index contributed by atoms with van der Waals surface area (Å²) in [6.07, 6.45) is 0.539. The smallest absolute Gasteiger partial charge is 0.140 e. The standard InChI is InChI=1S/C9H19N3O2/c1-8(2)7-14-6-5-11-4-3-9(10)12-13/h11,13H,1,3-7H2,2H3,(H2,10,12). The van der Waals surface area contributed by atoms with Crippen molar-refractivity contribution in [2.24, 2.45) is 10.9 Å². The fourth-order valence-electron chi connectivity index (χ4n) is 0.782. The molecule has 0 spiro atoms. The van der Waals surface area contributed by atoms with Gasteiger partial charge in [-0.1, -0.05) is 17.3 Å². The van der Waals surface area contributed by atoms with E-state index in [2.05, 4.69) is 17.1 Å². The average molecular weight is 201 g/mol. The van der Waals surface area contributed by atoms with Crippen molar-refractivity contribution in [3.8, 4) is 0 Å². The van der Waals surface area contributed by atoms with Crippen LogP contribution in [0.1, 0.15) is 13.3 Å². The van der Waals surface area contributed by atoms with Crippen LogP contribution in [0, 0.1) is 0 Å². The van der Waals surface area contributed by atoms with Crippen LogP contribution >= 0.6 is 0 Å². The van der Waals surface area contributed by atoms with Gasteiger partial charge in [0.1, 0.15) is 5.84 Å².